The minimum atomic E-state index is -4.06. The second-order valence-corrected chi connectivity index (χ2v) is 12.8. The number of nitrogens with zero attached hydrogens (tertiary/aromatic N) is 2. The minimum Gasteiger partial charge on any atom is -0.349 e. The number of hydrogen-bond donors (Lipinski definition) is 2. The molecular formula is C29H35ClN4O4S. The Morgan fingerprint density at radius 2 is 1.77 bits per heavy atom. The van der Waals surface area contributed by atoms with E-state index in [9.17, 15) is 18.0 Å². The normalized spacial score (nSPS) is 22.1. The molecule has 2 aliphatic heterocycles. The molecule has 39 heavy (non-hydrogen) atoms. The van der Waals surface area contributed by atoms with Crippen LogP contribution in [0.1, 0.15) is 67.7 Å². The lowest BCUT2D eigenvalue weighted by molar-refractivity contribution is -0.129. The van der Waals surface area contributed by atoms with Crippen LogP contribution >= 0.6 is 11.6 Å². The second kappa shape index (κ2) is 12.1. The molecule has 2 aromatic rings. The van der Waals surface area contributed by atoms with Crippen LogP contribution in [0.25, 0.3) is 0 Å². The van der Waals surface area contributed by atoms with Crippen LogP contribution in [0.3, 0.4) is 0 Å². The quantitative estimate of drug-likeness (QED) is 0.518. The van der Waals surface area contributed by atoms with Crippen molar-refractivity contribution in [3.8, 4) is 0 Å². The first-order chi connectivity index (χ1) is 18.8. The number of rotatable bonds is 7. The van der Waals surface area contributed by atoms with Crippen LogP contribution in [0.15, 0.2) is 59.8 Å². The van der Waals surface area contributed by atoms with Crippen molar-refractivity contribution in [1.29, 1.82) is 0 Å². The number of carbonyl (C=O) groups excluding carboxylic acids is 2. The summed E-state index contributed by atoms with van der Waals surface area (Å²) in [5.41, 5.74) is 3.66. The maximum atomic E-state index is 13.3. The Morgan fingerprint density at radius 3 is 2.51 bits per heavy atom. The predicted molar refractivity (Wildman–Crippen MR) is 150 cm³/mol. The largest absolute Gasteiger partial charge is 0.349 e. The van der Waals surface area contributed by atoms with E-state index in [0.29, 0.717) is 5.02 Å². The molecule has 5 rings (SSSR count). The van der Waals surface area contributed by atoms with Crippen LogP contribution in [0.2, 0.25) is 5.02 Å². The zero-order valence-corrected chi connectivity index (χ0v) is 23.5. The SMILES string of the molecule is O=C(C[C@@H]1C(=O)NC=CN1S(=O)(=O)c1ccc(Cl)cc1)N[C@@H]1CCCc2cc(CN3CCCCCC3)ccc21. The number of nitrogens with one attached hydrogen (secondary N) is 2. The number of sulfonamides is 1. The van der Waals surface area contributed by atoms with Crippen LogP contribution in [0.4, 0.5) is 0 Å². The number of likely N-dealkylation sites (tertiary alicyclic amines) is 1. The highest BCUT2D eigenvalue weighted by Gasteiger charge is 2.37. The Balaban J connectivity index is 1.27. The molecule has 0 bridgehead atoms. The molecule has 2 N–H and O–H groups in total. The second-order valence-electron chi connectivity index (χ2n) is 10.6. The van der Waals surface area contributed by atoms with Crippen molar-refractivity contribution >= 4 is 33.4 Å². The minimum absolute atomic E-state index is 0.00570. The fourth-order valence-corrected chi connectivity index (χ4v) is 7.34. The Morgan fingerprint density at radius 1 is 1.03 bits per heavy atom. The molecule has 0 unspecified atom stereocenters. The summed E-state index contributed by atoms with van der Waals surface area (Å²) in [4.78, 5) is 28.4. The van der Waals surface area contributed by atoms with Gasteiger partial charge >= 0.3 is 0 Å². The Labute approximate surface area is 235 Å². The molecule has 3 aliphatic rings. The monoisotopic (exact) mass is 570 g/mol. The van der Waals surface area contributed by atoms with Gasteiger partial charge in [0.25, 0.3) is 10.0 Å². The van der Waals surface area contributed by atoms with Crippen LogP contribution < -0.4 is 10.6 Å². The van der Waals surface area contributed by atoms with Crippen LogP contribution in [0.5, 0.6) is 0 Å². The molecule has 0 radical (unpaired) electrons. The number of carbonyl (C=O) groups is 2. The van der Waals surface area contributed by atoms with Crippen molar-refractivity contribution in [2.45, 2.75) is 74.9 Å². The molecule has 208 valence electrons. The van der Waals surface area contributed by atoms with Gasteiger partial charge in [0.2, 0.25) is 11.8 Å². The van der Waals surface area contributed by atoms with Gasteiger partial charge in [0.1, 0.15) is 6.04 Å². The fraction of sp³-hybridized carbons (Fsp3) is 0.448. The lowest BCUT2D eigenvalue weighted by atomic mass is 9.86. The molecule has 8 nitrogen and oxygen atoms in total. The molecule has 0 spiro atoms. The maximum Gasteiger partial charge on any atom is 0.264 e. The van der Waals surface area contributed by atoms with E-state index in [1.54, 1.807) is 0 Å². The molecule has 1 saturated heterocycles. The highest BCUT2D eigenvalue weighted by Crippen LogP contribution is 2.31. The summed E-state index contributed by atoms with van der Waals surface area (Å²) in [5.74, 6) is -0.916. The van der Waals surface area contributed by atoms with E-state index in [1.165, 1.54) is 73.5 Å². The molecule has 2 amide bonds. The van der Waals surface area contributed by atoms with Gasteiger partial charge in [0.15, 0.2) is 0 Å². The molecule has 1 aliphatic carbocycles. The Hall–Kier alpha value is -2.88. The van der Waals surface area contributed by atoms with Gasteiger partial charge in [-0.15, -0.1) is 0 Å². The van der Waals surface area contributed by atoms with E-state index in [2.05, 4.69) is 33.7 Å². The first kappa shape index (κ1) is 27.7. The summed E-state index contributed by atoms with van der Waals surface area (Å²) in [6.07, 6.45) is 10.1. The third-order valence-corrected chi connectivity index (χ3v) is 9.84. The molecule has 2 heterocycles. The summed E-state index contributed by atoms with van der Waals surface area (Å²) >= 11 is 5.91. The molecule has 0 saturated carbocycles. The summed E-state index contributed by atoms with van der Waals surface area (Å²) in [6.45, 7) is 3.24. The number of fused-ring (bicyclic) bond motifs is 1. The van der Waals surface area contributed by atoms with Crippen LogP contribution in [0, 0.1) is 0 Å². The van der Waals surface area contributed by atoms with Gasteiger partial charge in [-0.1, -0.05) is 42.6 Å². The zero-order valence-electron chi connectivity index (χ0n) is 21.9. The van der Waals surface area contributed by atoms with Gasteiger partial charge in [0.05, 0.1) is 17.4 Å². The van der Waals surface area contributed by atoms with Crippen molar-refractivity contribution in [1.82, 2.24) is 19.8 Å². The highest BCUT2D eigenvalue weighted by molar-refractivity contribution is 7.89. The summed E-state index contributed by atoms with van der Waals surface area (Å²) < 4.78 is 27.6. The Bertz CT molecular complexity index is 1340. The van der Waals surface area contributed by atoms with Crippen molar-refractivity contribution in [2.75, 3.05) is 13.1 Å². The fourth-order valence-electron chi connectivity index (χ4n) is 5.76. The molecule has 10 heteroatoms. The van der Waals surface area contributed by atoms with E-state index in [4.69, 9.17) is 11.6 Å². The lowest BCUT2D eigenvalue weighted by Gasteiger charge is -2.32. The first-order valence-corrected chi connectivity index (χ1v) is 15.5. The van der Waals surface area contributed by atoms with Crippen LogP contribution in [-0.2, 0) is 32.6 Å². The van der Waals surface area contributed by atoms with Gasteiger partial charge in [0, 0.05) is 24.0 Å². The third kappa shape index (κ3) is 6.48. The van der Waals surface area contributed by atoms with Gasteiger partial charge in [-0.2, -0.15) is 0 Å². The number of halogens is 1. The number of hydrogen-bond acceptors (Lipinski definition) is 5. The lowest BCUT2D eigenvalue weighted by Crippen LogP contribution is -2.51. The average molecular weight is 571 g/mol. The van der Waals surface area contributed by atoms with Gasteiger partial charge in [-0.05, 0) is 86.1 Å². The van der Waals surface area contributed by atoms with E-state index >= 15 is 0 Å². The molecule has 2 aromatic carbocycles. The van der Waals surface area contributed by atoms with E-state index in [1.807, 2.05) is 0 Å². The highest BCUT2D eigenvalue weighted by atomic mass is 35.5. The van der Waals surface area contributed by atoms with E-state index < -0.39 is 22.0 Å². The van der Waals surface area contributed by atoms with E-state index in [-0.39, 0.29) is 23.3 Å². The van der Waals surface area contributed by atoms with Crippen LogP contribution in [-0.4, -0.2) is 48.6 Å². The number of aryl methyl sites for hydroxylation is 1. The van der Waals surface area contributed by atoms with Gasteiger partial charge in [-0.25, -0.2) is 8.42 Å². The average Bonchev–Trinajstić information content (AvgIpc) is 3.19. The molecule has 0 aromatic heterocycles. The standard InChI is InChI=1S/C29H35ClN4O4S/c30-23-9-11-24(12-10-23)39(37,38)34-17-14-31-29(36)27(34)19-28(35)32-26-7-5-6-22-18-21(8-13-25(22)26)20-33-15-3-1-2-4-16-33/h8-14,17-18,26-27H,1-7,15-16,19-20H2,(H,31,36)(H,32,35)/t26-,27-/m1/s1. The van der Waals surface area contributed by atoms with Crippen molar-refractivity contribution in [2.24, 2.45) is 0 Å². The van der Waals surface area contributed by atoms with Crippen molar-refractivity contribution in [3.63, 3.8) is 0 Å². The molecule has 2 atom stereocenters. The first-order valence-electron chi connectivity index (χ1n) is 13.7. The smallest absolute Gasteiger partial charge is 0.264 e. The summed E-state index contributed by atoms with van der Waals surface area (Å²) in [7, 11) is -4.06. The summed E-state index contributed by atoms with van der Waals surface area (Å²) in [6, 6.07) is 10.9. The number of amides is 2. The van der Waals surface area contributed by atoms with Crippen molar-refractivity contribution < 1.29 is 18.0 Å². The third-order valence-electron chi connectivity index (χ3n) is 7.79. The molecule has 1 fully saturated rings. The Kier molecular flexibility index (Phi) is 8.59. The summed E-state index contributed by atoms with van der Waals surface area (Å²) in [5, 5.41) is 6.01. The maximum absolute atomic E-state index is 13.3. The van der Waals surface area contributed by atoms with E-state index in [0.717, 1.165) is 48.8 Å². The predicted octanol–water partition coefficient (Wildman–Crippen LogP) is 4.26. The zero-order chi connectivity index (χ0) is 27.4. The number of benzene rings is 2. The van der Waals surface area contributed by atoms with Crippen molar-refractivity contribution in [3.05, 3.63) is 76.6 Å². The van der Waals surface area contributed by atoms with Gasteiger partial charge < -0.3 is 10.6 Å². The topological polar surface area (TPSA) is 98.8 Å². The molecular weight excluding hydrogens is 536 g/mol. The van der Waals surface area contributed by atoms with Gasteiger partial charge in [-0.3, -0.25) is 18.8 Å².